The van der Waals surface area contributed by atoms with E-state index in [1.54, 1.807) is 0 Å². The molecule has 1 fully saturated rings. The van der Waals surface area contributed by atoms with E-state index in [2.05, 4.69) is 0 Å². The molecule has 2 unspecified atom stereocenters. The van der Waals surface area contributed by atoms with E-state index in [4.69, 9.17) is 16.9 Å². The number of aliphatic hydroxyl groups is 1. The lowest BCUT2D eigenvalue weighted by atomic mass is 9.96. The van der Waals surface area contributed by atoms with E-state index < -0.39 is 10.0 Å². The van der Waals surface area contributed by atoms with Crippen LogP contribution in [-0.4, -0.2) is 37.0 Å². The van der Waals surface area contributed by atoms with Crippen LogP contribution in [0.2, 0.25) is 5.02 Å². The topological polar surface area (TPSA) is 81.4 Å². The highest BCUT2D eigenvalue weighted by molar-refractivity contribution is 7.89. The Balaban J connectivity index is 2.37. The van der Waals surface area contributed by atoms with Gasteiger partial charge in [0, 0.05) is 19.2 Å². The van der Waals surface area contributed by atoms with Crippen molar-refractivity contribution >= 4 is 21.6 Å². The molecule has 0 amide bonds. The van der Waals surface area contributed by atoms with Crippen LogP contribution in [0.25, 0.3) is 0 Å². The summed E-state index contributed by atoms with van der Waals surface area (Å²) in [6.07, 6.45) is 1.53. The maximum Gasteiger partial charge on any atom is 0.243 e. The summed E-state index contributed by atoms with van der Waals surface area (Å²) >= 11 is 5.92. The first-order valence-electron chi connectivity index (χ1n) is 6.72. The molecule has 21 heavy (non-hydrogen) atoms. The zero-order valence-electron chi connectivity index (χ0n) is 11.7. The Morgan fingerprint density at radius 1 is 1.48 bits per heavy atom. The Hall–Kier alpha value is -1.13. The van der Waals surface area contributed by atoms with Crippen LogP contribution in [0.3, 0.4) is 0 Å². The van der Waals surface area contributed by atoms with Gasteiger partial charge >= 0.3 is 0 Å². The van der Waals surface area contributed by atoms with E-state index in [-0.39, 0.29) is 34.0 Å². The van der Waals surface area contributed by atoms with Crippen molar-refractivity contribution in [3.8, 4) is 6.07 Å². The molecule has 0 bridgehead atoms. The second kappa shape index (κ2) is 6.32. The smallest absolute Gasteiger partial charge is 0.243 e. The van der Waals surface area contributed by atoms with Crippen molar-refractivity contribution < 1.29 is 13.5 Å². The number of nitriles is 1. The van der Waals surface area contributed by atoms with Gasteiger partial charge in [0.25, 0.3) is 0 Å². The van der Waals surface area contributed by atoms with Crippen LogP contribution in [-0.2, 0) is 10.0 Å². The van der Waals surface area contributed by atoms with Gasteiger partial charge in [0.2, 0.25) is 10.0 Å². The van der Waals surface area contributed by atoms with Gasteiger partial charge in [-0.15, -0.1) is 0 Å². The molecular weight excluding hydrogens is 312 g/mol. The lowest BCUT2D eigenvalue weighted by molar-refractivity contribution is 0.139. The first-order chi connectivity index (χ1) is 9.90. The van der Waals surface area contributed by atoms with E-state index in [1.807, 2.05) is 13.0 Å². The number of aliphatic hydroxyl groups excluding tert-OH is 1. The van der Waals surface area contributed by atoms with Crippen LogP contribution < -0.4 is 0 Å². The van der Waals surface area contributed by atoms with Gasteiger partial charge in [0.15, 0.2) is 0 Å². The molecule has 2 rings (SSSR count). The van der Waals surface area contributed by atoms with Crippen molar-refractivity contribution in [1.82, 2.24) is 4.31 Å². The molecule has 1 aliphatic rings. The number of halogens is 1. The monoisotopic (exact) mass is 328 g/mol. The van der Waals surface area contributed by atoms with Crippen molar-refractivity contribution in [2.75, 3.05) is 13.2 Å². The number of piperidine rings is 1. The van der Waals surface area contributed by atoms with E-state index in [9.17, 15) is 13.5 Å². The quantitative estimate of drug-likeness (QED) is 0.920. The normalized spacial score (nSPS) is 23.7. The number of nitrogens with zero attached hydrogens (tertiary/aromatic N) is 2. The van der Waals surface area contributed by atoms with Gasteiger partial charge < -0.3 is 5.11 Å². The lowest BCUT2D eigenvalue weighted by Crippen LogP contribution is -2.46. The van der Waals surface area contributed by atoms with Crippen LogP contribution in [0.5, 0.6) is 0 Å². The van der Waals surface area contributed by atoms with Gasteiger partial charge in [-0.3, -0.25) is 0 Å². The molecule has 1 heterocycles. The standard InChI is InChI=1S/C14H17ClN2O3S/c1-10-2-3-11(9-18)8-17(10)21(19,20)13-5-4-12(7-16)14(15)6-13/h4-6,10-11,18H,2-3,8-9H2,1H3. The van der Waals surface area contributed by atoms with Gasteiger partial charge in [-0.25, -0.2) is 8.42 Å². The molecule has 0 spiro atoms. The fourth-order valence-electron chi connectivity index (χ4n) is 2.51. The summed E-state index contributed by atoms with van der Waals surface area (Å²) in [5.74, 6) is -0.0372. The number of benzene rings is 1. The van der Waals surface area contributed by atoms with Crippen LogP contribution in [0.15, 0.2) is 23.1 Å². The van der Waals surface area contributed by atoms with Gasteiger partial charge in [-0.1, -0.05) is 11.6 Å². The van der Waals surface area contributed by atoms with Crippen molar-refractivity contribution in [1.29, 1.82) is 5.26 Å². The summed E-state index contributed by atoms with van der Waals surface area (Å²) in [4.78, 5) is 0.0805. The van der Waals surface area contributed by atoms with Gasteiger partial charge in [0.1, 0.15) is 6.07 Å². The van der Waals surface area contributed by atoms with Crippen molar-refractivity contribution in [3.63, 3.8) is 0 Å². The number of hydrogen-bond acceptors (Lipinski definition) is 4. The molecule has 2 atom stereocenters. The molecule has 0 aliphatic carbocycles. The van der Waals surface area contributed by atoms with Crippen molar-refractivity contribution in [2.45, 2.75) is 30.7 Å². The Morgan fingerprint density at radius 3 is 2.76 bits per heavy atom. The molecule has 1 aromatic rings. The van der Waals surface area contributed by atoms with Gasteiger partial charge in [0.05, 0.1) is 15.5 Å². The number of sulfonamides is 1. The lowest BCUT2D eigenvalue weighted by Gasteiger charge is -2.36. The summed E-state index contributed by atoms with van der Waals surface area (Å²) in [7, 11) is -3.67. The van der Waals surface area contributed by atoms with E-state index in [0.717, 1.165) is 6.42 Å². The third-order valence-corrected chi connectivity index (χ3v) is 6.14. The van der Waals surface area contributed by atoms with E-state index in [1.165, 1.54) is 22.5 Å². The molecule has 114 valence electrons. The zero-order chi connectivity index (χ0) is 15.6. The molecule has 1 aliphatic heterocycles. The second-order valence-electron chi connectivity index (χ2n) is 5.30. The maximum atomic E-state index is 12.7. The largest absolute Gasteiger partial charge is 0.396 e. The molecule has 0 aromatic heterocycles. The van der Waals surface area contributed by atoms with Gasteiger partial charge in [-0.05, 0) is 43.9 Å². The predicted molar refractivity (Wildman–Crippen MR) is 79.3 cm³/mol. The van der Waals surface area contributed by atoms with Crippen LogP contribution in [0, 0.1) is 17.2 Å². The number of hydrogen-bond donors (Lipinski definition) is 1. The minimum absolute atomic E-state index is 0.0210. The maximum absolute atomic E-state index is 12.7. The van der Waals surface area contributed by atoms with E-state index >= 15 is 0 Å². The second-order valence-corrected chi connectivity index (χ2v) is 7.60. The average molecular weight is 329 g/mol. The Bertz CT molecular complexity index is 669. The fourth-order valence-corrected chi connectivity index (χ4v) is 4.56. The molecule has 1 aromatic carbocycles. The average Bonchev–Trinajstić information content (AvgIpc) is 2.47. The van der Waals surface area contributed by atoms with E-state index in [0.29, 0.717) is 13.0 Å². The molecule has 0 saturated carbocycles. The molecular formula is C14H17ClN2O3S. The molecule has 1 N–H and O–H groups in total. The SMILES string of the molecule is CC1CCC(CO)CN1S(=O)(=O)c1ccc(C#N)c(Cl)c1. The molecule has 7 heteroatoms. The summed E-state index contributed by atoms with van der Waals surface area (Å²) in [5.41, 5.74) is 0.246. The van der Waals surface area contributed by atoms with Crippen molar-refractivity contribution in [3.05, 3.63) is 28.8 Å². The first kappa shape index (κ1) is 16.2. The number of rotatable bonds is 3. The predicted octanol–water partition coefficient (Wildman–Crippen LogP) is 1.99. The highest BCUT2D eigenvalue weighted by Crippen LogP contribution is 2.29. The first-order valence-corrected chi connectivity index (χ1v) is 8.54. The van der Waals surface area contributed by atoms with Gasteiger partial charge in [-0.2, -0.15) is 9.57 Å². The summed E-state index contributed by atoms with van der Waals surface area (Å²) < 4.78 is 26.8. The highest BCUT2D eigenvalue weighted by atomic mass is 35.5. The Morgan fingerprint density at radius 2 is 2.19 bits per heavy atom. The summed E-state index contributed by atoms with van der Waals surface area (Å²) in [5, 5.41) is 18.2. The summed E-state index contributed by atoms with van der Waals surface area (Å²) in [6, 6.07) is 5.90. The highest BCUT2D eigenvalue weighted by Gasteiger charge is 2.34. The molecule has 5 nitrogen and oxygen atoms in total. The minimum atomic E-state index is -3.67. The third kappa shape index (κ3) is 3.22. The molecule has 1 saturated heterocycles. The van der Waals surface area contributed by atoms with Crippen LogP contribution >= 0.6 is 11.6 Å². The summed E-state index contributed by atoms with van der Waals surface area (Å²) in [6.45, 7) is 2.14. The molecule has 0 radical (unpaired) electrons. The zero-order valence-corrected chi connectivity index (χ0v) is 13.2. The fraction of sp³-hybridized carbons (Fsp3) is 0.500. The minimum Gasteiger partial charge on any atom is -0.396 e. The van der Waals surface area contributed by atoms with Crippen LogP contribution in [0.4, 0.5) is 0 Å². The Labute approximate surface area is 129 Å². The van der Waals surface area contributed by atoms with Crippen LogP contribution in [0.1, 0.15) is 25.3 Å². The van der Waals surface area contributed by atoms with Crippen molar-refractivity contribution in [2.24, 2.45) is 5.92 Å². The third-order valence-electron chi connectivity index (χ3n) is 3.85. The Kier molecular flexibility index (Phi) is 4.89.